The molecule has 0 aliphatic carbocycles. The molecule has 0 bridgehead atoms. The summed E-state index contributed by atoms with van der Waals surface area (Å²) >= 11 is 0. The van der Waals surface area contributed by atoms with Crippen LogP contribution < -0.4 is 5.32 Å². The van der Waals surface area contributed by atoms with Gasteiger partial charge in [-0.15, -0.1) is 0 Å². The Labute approximate surface area is 84.6 Å². The first kappa shape index (κ1) is 9.44. The monoisotopic (exact) mass is 189 g/mol. The molecule has 1 aliphatic rings. The predicted molar refractivity (Wildman–Crippen MR) is 58.1 cm³/mol. The molecule has 1 fully saturated rings. The number of hydrogen-bond acceptors (Lipinski definition) is 2. The SMILES string of the molecule is C=Cc1ccc([C@H]2COCCN2)cc1. The van der Waals surface area contributed by atoms with E-state index in [0.29, 0.717) is 6.04 Å². The lowest BCUT2D eigenvalue weighted by Crippen LogP contribution is -2.34. The Morgan fingerprint density at radius 2 is 2.14 bits per heavy atom. The summed E-state index contributed by atoms with van der Waals surface area (Å²) in [6.45, 7) is 6.26. The van der Waals surface area contributed by atoms with Gasteiger partial charge in [0.15, 0.2) is 0 Å². The van der Waals surface area contributed by atoms with Crippen LogP contribution in [0, 0.1) is 0 Å². The molecule has 1 aliphatic heterocycles. The number of rotatable bonds is 2. The highest BCUT2D eigenvalue weighted by atomic mass is 16.5. The van der Waals surface area contributed by atoms with Gasteiger partial charge < -0.3 is 10.1 Å². The van der Waals surface area contributed by atoms with Crippen molar-refractivity contribution in [2.45, 2.75) is 6.04 Å². The number of benzene rings is 1. The standard InChI is InChI=1S/C12H15NO/c1-2-10-3-5-11(6-4-10)12-9-14-8-7-13-12/h2-6,12-13H,1,7-9H2/t12-/m1/s1. The summed E-state index contributed by atoms with van der Waals surface area (Å²) in [4.78, 5) is 0. The second-order valence-corrected chi connectivity index (χ2v) is 3.45. The maximum atomic E-state index is 5.41. The van der Waals surface area contributed by atoms with E-state index < -0.39 is 0 Å². The zero-order chi connectivity index (χ0) is 9.80. The van der Waals surface area contributed by atoms with E-state index in [-0.39, 0.29) is 0 Å². The molecule has 0 aromatic heterocycles. The molecule has 1 saturated heterocycles. The molecule has 2 nitrogen and oxygen atoms in total. The van der Waals surface area contributed by atoms with Crippen LogP contribution in [0.3, 0.4) is 0 Å². The fraction of sp³-hybridized carbons (Fsp3) is 0.333. The van der Waals surface area contributed by atoms with Crippen LogP contribution in [-0.4, -0.2) is 19.8 Å². The summed E-state index contributed by atoms with van der Waals surface area (Å²) in [5, 5.41) is 3.42. The second kappa shape index (κ2) is 4.40. The summed E-state index contributed by atoms with van der Waals surface area (Å²) in [6.07, 6.45) is 1.86. The molecule has 0 amide bonds. The Morgan fingerprint density at radius 3 is 2.71 bits per heavy atom. The van der Waals surface area contributed by atoms with Crippen LogP contribution in [0.1, 0.15) is 17.2 Å². The first-order valence-corrected chi connectivity index (χ1v) is 4.93. The molecular formula is C12H15NO. The van der Waals surface area contributed by atoms with Crippen LogP contribution in [0.5, 0.6) is 0 Å². The summed E-state index contributed by atoms with van der Waals surface area (Å²) in [7, 11) is 0. The average molecular weight is 189 g/mol. The summed E-state index contributed by atoms with van der Waals surface area (Å²) in [6, 6.07) is 8.77. The molecule has 14 heavy (non-hydrogen) atoms. The number of nitrogens with one attached hydrogen (secondary N) is 1. The van der Waals surface area contributed by atoms with Crippen molar-refractivity contribution < 1.29 is 4.74 Å². The quantitative estimate of drug-likeness (QED) is 0.768. The zero-order valence-electron chi connectivity index (χ0n) is 8.20. The number of ether oxygens (including phenoxy) is 1. The Kier molecular flexibility index (Phi) is 2.96. The summed E-state index contributed by atoms with van der Waals surface area (Å²) in [5.41, 5.74) is 2.45. The smallest absolute Gasteiger partial charge is 0.0662 e. The van der Waals surface area contributed by atoms with Crippen molar-refractivity contribution in [1.82, 2.24) is 5.32 Å². The van der Waals surface area contributed by atoms with Crippen LogP contribution in [0.4, 0.5) is 0 Å². The van der Waals surface area contributed by atoms with Crippen LogP contribution in [0.25, 0.3) is 6.08 Å². The molecule has 1 heterocycles. The van der Waals surface area contributed by atoms with E-state index in [1.165, 1.54) is 5.56 Å². The van der Waals surface area contributed by atoms with E-state index in [1.807, 2.05) is 6.08 Å². The van der Waals surface area contributed by atoms with Crippen molar-refractivity contribution in [3.63, 3.8) is 0 Å². The highest BCUT2D eigenvalue weighted by Crippen LogP contribution is 2.16. The van der Waals surface area contributed by atoms with Crippen LogP contribution in [0.15, 0.2) is 30.8 Å². The summed E-state index contributed by atoms with van der Waals surface area (Å²) in [5.74, 6) is 0. The van der Waals surface area contributed by atoms with Crippen LogP contribution in [0.2, 0.25) is 0 Å². The van der Waals surface area contributed by atoms with Gasteiger partial charge in [-0.05, 0) is 11.1 Å². The van der Waals surface area contributed by atoms with Crippen molar-refractivity contribution in [3.05, 3.63) is 42.0 Å². The number of hydrogen-bond donors (Lipinski definition) is 1. The molecule has 2 rings (SSSR count). The van der Waals surface area contributed by atoms with Gasteiger partial charge in [-0.3, -0.25) is 0 Å². The molecule has 2 heteroatoms. The third-order valence-corrected chi connectivity index (χ3v) is 2.50. The van der Waals surface area contributed by atoms with Gasteiger partial charge in [0.25, 0.3) is 0 Å². The minimum Gasteiger partial charge on any atom is -0.378 e. The van der Waals surface area contributed by atoms with Crippen molar-refractivity contribution in [2.24, 2.45) is 0 Å². The summed E-state index contributed by atoms with van der Waals surface area (Å²) < 4.78 is 5.41. The van der Waals surface area contributed by atoms with Crippen molar-refractivity contribution in [2.75, 3.05) is 19.8 Å². The van der Waals surface area contributed by atoms with Crippen molar-refractivity contribution in [1.29, 1.82) is 0 Å². The minimum atomic E-state index is 0.350. The van der Waals surface area contributed by atoms with E-state index in [2.05, 4.69) is 36.2 Å². The van der Waals surface area contributed by atoms with Gasteiger partial charge in [0.1, 0.15) is 0 Å². The van der Waals surface area contributed by atoms with Gasteiger partial charge in [0, 0.05) is 6.54 Å². The highest BCUT2D eigenvalue weighted by Gasteiger charge is 2.14. The van der Waals surface area contributed by atoms with E-state index in [4.69, 9.17) is 4.74 Å². The van der Waals surface area contributed by atoms with Gasteiger partial charge >= 0.3 is 0 Å². The third-order valence-electron chi connectivity index (χ3n) is 2.50. The maximum Gasteiger partial charge on any atom is 0.0662 e. The fourth-order valence-corrected chi connectivity index (χ4v) is 1.64. The van der Waals surface area contributed by atoms with Crippen molar-refractivity contribution in [3.8, 4) is 0 Å². The van der Waals surface area contributed by atoms with Gasteiger partial charge in [-0.2, -0.15) is 0 Å². The first-order chi connectivity index (χ1) is 6.90. The topological polar surface area (TPSA) is 21.3 Å². The van der Waals surface area contributed by atoms with E-state index >= 15 is 0 Å². The Bertz CT molecular complexity index is 299. The van der Waals surface area contributed by atoms with Gasteiger partial charge in [0.2, 0.25) is 0 Å². The normalized spacial score (nSPS) is 21.9. The van der Waals surface area contributed by atoms with Gasteiger partial charge in [0.05, 0.1) is 19.3 Å². The van der Waals surface area contributed by atoms with Gasteiger partial charge in [-0.1, -0.05) is 36.9 Å². The zero-order valence-corrected chi connectivity index (χ0v) is 8.20. The largest absolute Gasteiger partial charge is 0.378 e. The lowest BCUT2D eigenvalue weighted by Gasteiger charge is -2.24. The lowest BCUT2D eigenvalue weighted by molar-refractivity contribution is 0.0769. The lowest BCUT2D eigenvalue weighted by atomic mass is 10.0. The van der Waals surface area contributed by atoms with Crippen LogP contribution in [-0.2, 0) is 4.74 Å². The van der Waals surface area contributed by atoms with E-state index in [0.717, 1.165) is 25.3 Å². The Hall–Kier alpha value is -1.12. The Balaban J connectivity index is 2.11. The van der Waals surface area contributed by atoms with Gasteiger partial charge in [-0.25, -0.2) is 0 Å². The molecule has 0 saturated carbocycles. The predicted octanol–water partition coefficient (Wildman–Crippen LogP) is 1.99. The fourth-order valence-electron chi connectivity index (χ4n) is 1.64. The second-order valence-electron chi connectivity index (χ2n) is 3.45. The third kappa shape index (κ3) is 2.03. The average Bonchev–Trinajstić information content (AvgIpc) is 2.30. The highest BCUT2D eigenvalue weighted by molar-refractivity contribution is 5.47. The first-order valence-electron chi connectivity index (χ1n) is 4.93. The van der Waals surface area contributed by atoms with E-state index in [1.54, 1.807) is 0 Å². The minimum absolute atomic E-state index is 0.350. The Morgan fingerprint density at radius 1 is 1.36 bits per heavy atom. The van der Waals surface area contributed by atoms with E-state index in [9.17, 15) is 0 Å². The molecule has 1 aromatic carbocycles. The molecular weight excluding hydrogens is 174 g/mol. The van der Waals surface area contributed by atoms with Crippen molar-refractivity contribution >= 4 is 6.08 Å². The molecule has 0 spiro atoms. The molecule has 74 valence electrons. The van der Waals surface area contributed by atoms with Crippen LogP contribution >= 0.6 is 0 Å². The maximum absolute atomic E-state index is 5.41. The molecule has 1 N–H and O–H groups in total. The molecule has 1 atom stereocenters. The molecule has 1 aromatic rings. The molecule has 0 unspecified atom stereocenters. The molecule has 0 radical (unpaired) electrons. The number of morpholine rings is 1.